The second-order valence-electron chi connectivity index (χ2n) is 13.0. The first-order chi connectivity index (χ1) is 18.8. The van der Waals surface area contributed by atoms with Crippen molar-refractivity contribution in [3.63, 3.8) is 0 Å². The maximum absolute atomic E-state index is 12.8. The number of rotatable bonds is 3. The fourth-order valence-electron chi connectivity index (χ4n) is 5.38. The molecule has 1 N–H and O–H groups in total. The molecule has 40 heavy (non-hydrogen) atoms. The minimum Gasteiger partial charge on any atom is -0.444 e. The number of nitrogens with one attached hydrogen (secondary N) is 1. The summed E-state index contributed by atoms with van der Waals surface area (Å²) in [5, 5.41) is 2.12. The molecule has 6 rings (SSSR count). The molecule has 0 radical (unpaired) electrons. The fraction of sp³-hybridized carbons (Fsp3) is 0.452. The van der Waals surface area contributed by atoms with Gasteiger partial charge in [0.15, 0.2) is 0 Å². The number of H-pyrrole nitrogens is 1. The number of fused-ring (bicyclic) bond motifs is 2. The van der Waals surface area contributed by atoms with E-state index in [1.807, 2.05) is 39.1 Å². The van der Waals surface area contributed by atoms with Crippen LogP contribution in [0.1, 0.15) is 73.2 Å². The molecule has 0 unspecified atom stereocenters. The number of carbonyl (C=O) groups is 1. The molecule has 2 aliphatic rings. The van der Waals surface area contributed by atoms with E-state index in [-0.39, 0.29) is 23.3 Å². The van der Waals surface area contributed by atoms with Gasteiger partial charge in [0.25, 0.3) is 0 Å². The molecule has 4 heterocycles. The van der Waals surface area contributed by atoms with Gasteiger partial charge in [-0.1, -0.05) is 24.3 Å². The number of hydrogen-bond donors (Lipinski definition) is 1. The number of amides is 1. The summed E-state index contributed by atoms with van der Waals surface area (Å²) in [4.78, 5) is 27.7. The lowest BCUT2D eigenvalue weighted by atomic mass is 9.78. The van der Waals surface area contributed by atoms with Crippen LogP contribution in [0.25, 0.3) is 33.1 Å². The minimum absolute atomic E-state index is 0.123. The monoisotopic (exact) mass is 540 g/mol. The third-order valence-electron chi connectivity index (χ3n) is 8.26. The third-order valence-corrected chi connectivity index (χ3v) is 8.26. The normalized spacial score (nSPS) is 20.5. The van der Waals surface area contributed by atoms with Crippen LogP contribution in [0.4, 0.5) is 4.79 Å². The van der Waals surface area contributed by atoms with Crippen LogP contribution in [0.5, 0.6) is 0 Å². The summed E-state index contributed by atoms with van der Waals surface area (Å²) in [5.41, 5.74) is 3.34. The molecule has 0 bridgehead atoms. The number of imidazole rings is 1. The Hall–Kier alpha value is -3.43. The lowest BCUT2D eigenvalue weighted by Crippen LogP contribution is -2.41. The van der Waals surface area contributed by atoms with Gasteiger partial charge in [-0.25, -0.2) is 9.78 Å². The number of likely N-dealkylation sites (tertiary alicyclic amines) is 1. The van der Waals surface area contributed by atoms with Crippen LogP contribution in [-0.2, 0) is 14.0 Å². The molecule has 2 aromatic heterocycles. The van der Waals surface area contributed by atoms with Crippen LogP contribution in [0, 0.1) is 0 Å². The Bertz CT molecular complexity index is 1590. The van der Waals surface area contributed by atoms with E-state index in [0.29, 0.717) is 6.54 Å². The molecule has 0 saturated carbocycles. The van der Waals surface area contributed by atoms with E-state index in [4.69, 9.17) is 24.0 Å². The number of aromatic amines is 1. The number of ether oxygens (including phenoxy) is 1. The van der Waals surface area contributed by atoms with Crippen molar-refractivity contribution in [1.82, 2.24) is 19.9 Å². The van der Waals surface area contributed by atoms with Crippen molar-refractivity contribution >= 4 is 40.5 Å². The van der Waals surface area contributed by atoms with Crippen molar-refractivity contribution in [2.24, 2.45) is 0 Å². The zero-order chi connectivity index (χ0) is 28.4. The summed E-state index contributed by atoms with van der Waals surface area (Å²) in [6.07, 6.45) is 3.38. The predicted octanol–water partition coefficient (Wildman–Crippen LogP) is 6.15. The molecule has 1 amide bonds. The maximum Gasteiger partial charge on any atom is 0.494 e. The molecule has 208 valence electrons. The van der Waals surface area contributed by atoms with Crippen molar-refractivity contribution in [2.75, 3.05) is 6.54 Å². The predicted molar refractivity (Wildman–Crippen MR) is 157 cm³/mol. The number of hydrogen-bond acceptors (Lipinski definition) is 6. The Labute approximate surface area is 235 Å². The van der Waals surface area contributed by atoms with Gasteiger partial charge in [-0.3, -0.25) is 9.88 Å². The van der Waals surface area contributed by atoms with Gasteiger partial charge in [-0.15, -0.1) is 0 Å². The van der Waals surface area contributed by atoms with Crippen molar-refractivity contribution in [3.05, 3.63) is 54.5 Å². The fourth-order valence-corrected chi connectivity index (χ4v) is 5.38. The largest absolute Gasteiger partial charge is 0.494 e. The lowest BCUT2D eigenvalue weighted by molar-refractivity contribution is 0.00578. The van der Waals surface area contributed by atoms with Gasteiger partial charge < -0.3 is 19.0 Å². The van der Waals surface area contributed by atoms with E-state index in [1.54, 1.807) is 4.90 Å². The average Bonchev–Trinajstić information content (AvgIpc) is 3.57. The first kappa shape index (κ1) is 26.8. The summed E-state index contributed by atoms with van der Waals surface area (Å²) < 4.78 is 18.1. The van der Waals surface area contributed by atoms with Gasteiger partial charge in [0, 0.05) is 18.3 Å². The number of benzene rings is 2. The lowest BCUT2D eigenvalue weighted by Gasteiger charge is -2.32. The van der Waals surface area contributed by atoms with Gasteiger partial charge in [-0.2, -0.15) is 0 Å². The second-order valence-corrected chi connectivity index (χ2v) is 13.0. The van der Waals surface area contributed by atoms with Crippen LogP contribution < -0.4 is 5.46 Å². The number of carbonyl (C=O) groups excluding carboxylic acids is 1. The standard InChI is InChI=1S/C31H37BN4O4/c1-29(2,3)38-28(37)36-14-8-9-26(36)27-34-23-13-11-20(17-25(23)35-27)24-16-19-10-12-22(15-21(19)18-33-24)32-39-30(4,5)31(6,7)40-32/h10-13,15-18,26H,8-9,14H2,1-7H3,(H,34,35)/t26-/m0/s1. The molecular weight excluding hydrogens is 503 g/mol. The second kappa shape index (κ2) is 9.31. The van der Waals surface area contributed by atoms with Crippen molar-refractivity contribution in [2.45, 2.75) is 84.2 Å². The summed E-state index contributed by atoms with van der Waals surface area (Å²) in [6.45, 7) is 14.6. The highest BCUT2D eigenvalue weighted by Gasteiger charge is 2.51. The Kier molecular flexibility index (Phi) is 6.24. The van der Waals surface area contributed by atoms with E-state index < -0.39 is 12.7 Å². The molecule has 0 spiro atoms. The Morgan fingerprint density at radius 2 is 1.80 bits per heavy atom. The van der Waals surface area contributed by atoms with Crippen molar-refractivity contribution in [1.29, 1.82) is 0 Å². The van der Waals surface area contributed by atoms with Gasteiger partial charge in [0.2, 0.25) is 0 Å². The summed E-state index contributed by atoms with van der Waals surface area (Å²) in [7, 11) is -0.405. The van der Waals surface area contributed by atoms with Crippen LogP contribution in [0.3, 0.4) is 0 Å². The Balaban J connectivity index is 1.25. The minimum atomic E-state index is -0.534. The molecule has 2 aromatic carbocycles. The van der Waals surface area contributed by atoms with E-state index in [1.165, 1.54) is 0 Å². The van der Waals surface area contributed by atoms with Gasteiger partial charge in [-0.05, 0) is 95.7 Å². The van der Waals surface area contributed by atoms with Crippen LogP contribution in [0.15, 0.2) is 48.7 Å². The molecule has 1 atom stereocenters. The number of pyridine rings is 1. The summed E-state index contributed by atoms with van der Waals surface area (Å²) >= 11 is 0. The van der Waals surface area contributed by atoms with E-state index >= 15 is 0 Å². The van der Waals surface area contributed by atoms with Gasteiger partial charge >= 0.3 is 13.2 Å². The average molecular weight is 540 g/mol. The summed E-state index contributed by atoms with van der Waals surface area (Å²) in [6, 6.07) is 14.4. The highest BCUT2D eigenvalue weighted by molar-refractivity contribution is 6.62. The molecule has 9 heteroatoms. The quantitative estimate of drug-likeness (QED) is 0.314. The van der Waals surface area contributed by atoms with Crippen molar-refractivity contribution in [3.8, 4) is 11.3 Å². The Morgan fingerprint density at radius 1 is 1.05 bits per heavy atom. The summed E-state index contributed by atoms with van der Waals surface area (Å²) in [5.74, 6) is 0.789. The van der Waals surface area contributed by atoms with Crippen LogP contribution in [0.2, 0.25) is 0 Å². The van der Waals surface area contributed by atoms with E-state index in [0.717, 1.165) is 57.2 Å². The van der Waals surface area contributed by atoms with Crippen molar-refractivity contribution < 1.29 is 18.8 Å². The maximum atomic E-state index is 12.8. The zero-order valence-electron chi connectivity index (χ0n) is 24.4. The smallest absolute Gasteiger partial charge is 0.444 e. The zero-order valence-corrected chi connectivity index (χ0v) is 24.4. The number of aromatic nitrogens is 3. The topological polar surface area (TPSA) is 89.6 Å². The third kappa shape index (κ3) is 4.86. The van der Waals surface area contributed by atoms with E-state index in [2.05, 4.69) is 63.0 Å². The molecular formula is C31H37BN4O4. The van der Waals surface area contributed by atoms with Gasteiger partial charge in [0.1, 0.15) is 11.4 Å². The van der Waals surface area contributed by atoms with Crippen LogP contribution >= 0.6 is 0 Å². The molecule has 4 aromatic rings. The first-order valence-electron chi connectivity index (χ1n) is 14.0. The van der Waals surface area contributed by atoms with E-state index in [9.17, 15) is 4.79 Å². The highest BCUT2D eigenvalue weighted by atomic mass is 16.7. The first-order valence-corrected chi connectivity index (χ1v) is 14.0. The SMILES string of the molecule is CC(C)(C)OC(=O)N1CCC[C@H]1c1nc2ccc(-c3cc4ccc(B5OC(C)(C)C(C)(C)O5)cc4cn3)cc2[nH]1. The Morgan fingerprint density at radius 3 is 2.52 bits per heavy atom. The number of nitrogens with zero attached hydrogens (tertiary/aromatic N) is 3. The molecule has 2 saturated heterocycles. The highest BCUT2D eigenvalue weighted by Crippen LogP contribution is 2.37. The molecule has 2 fully saturated rings. The molecule has 0 aliphatic carbocycles. The van der Waals surface area contributed by atoms with Crippen LogP contribution in [-0.4, -0.2) is 56.4 Å². The van der Waals surface area contributed by atoms with Gasteiger partial charge in [0.05, 0.1) is 34.0 Å². The molecule has 2 aliphatic heterocycles. The molecule has 8 nitrogen and oxygen atoms in total.